The maximum Gasteiger partial charge on any atom is 0.305 e. The third kappa shape index (κ3) is 3.97. The van der Waals surface area contributed by atoms with Crippen LogP contribution in [0.4, 0.5) is 0 Å². The quantitative estimate of drug-likeness (QED) is 0.854. The lowest BCUT2D eigenvalue weighted by Crippen LogP contribution is -2.51. The normalized spacial score (nSPS) is 13.6. The van der Waals surface area contributed by atoms with Crippen LogP contribution in [0.2, 0.25) is 0 Å². The molecule has 1 amide bonds. The number of rotatable bonds is 6. The molecule has 23 heavy (non-hydrogen) atoms. The molecule has 1 atom stereocenters. The summed E-state index contributed by atoms with van der Waals surface area (Å²) in [5.74, 6) is -1.44. The molecule has 2 N–H and O–H groups in total. The van der Waals surface area contributed by atoms with Crippen molar-refractivity contribution >= 4 is 11.9 Å². The van der Waals surface area contributed by atoms with Crippen LogP contribution < -0.4 is 5.32 Å². The van der Waals surface area contributed by atoms with Gasteiger partial charge in [-0.2, -0.15) is 0 Å². The number of aromatic nitrogens is 1. The second-order valence-corrected chi connectivity index (χ2v) is 6.04. The standard InChI is InChI=1S/C17H20N2O4/c1-11(2)17(3,10-15(20)21)18-16(22)14-9-13(19-23-14)12-7-5-4-6-8-12/h4-9,11H,10H2,1-3H3,(H,18,22)(H,20,21). The third-order valence-corrected chi connectivity index (χ3v) is 4.00. The van der Waals surface area contributed by atoms with Crippen LogP contribution in [0, 0.1) is 5.92 Å². The number of benzene rings is 1. The van der Waals surface area contributed by atoms with Crippen molar-refractivity contribution in [1.29, 1.82) is 0 Å². The summed E-state index contributed by atoms with van der Waals surface area (Å²) < 4.78 is 5.10. The lowest BCUT2D eigenvalue weighted by atomic mass is 9.85. The van der Waals surface area contributed by atoms with E-state index in [4.69, 9.17) is 9.63 Å². The van der Waals surface area contributed by atoms with Gasteiger partial charge in [0.2, 0.25) is 5.76 Å². The number of hydrogen-bond acceptors (Lipinski definition) is 4. The molecule has 0 spiro atoms. The van der Waals surface area contributed by atoms with Gasteiger partial charge in [0.25, 0.3) is 5.91 Å². The fourth-order valence-corrected chi connectivity index (χ4v) is 2.15. The van der Waals surface area contributed by atoms with Crippen LogP contribution in [-0.4, -0.2) is 27.7 Å². The summed E-state index contributed by atoms with van der Waals surface area (Å²) >= 11 is 0. The molecular formula is C17H20N2O4. The Balaban J connectivity index is 2.17. The van der Waals surface area contributed by atoms with Gasteiger partial charge in [0.05, 0.1) is 12.0 Å². The summed E-state index contributed by atoms with van der Waals surface area (Å²) in [5, 5.41) is 15.7. The van der Waals surface area contributed by atoms with Gasteiger partial charge in [0, 0.05) is 11.6 Å². The summed E-state index contributed by atoms with van der Waals surface area (Å²) in [5.41, 5.74) is 0.524. The van der Waals surface area contributed by atoms with E-state index in [9.17, 15) is 9.59 Å². The van der Waals surface area contributed by atoms with Gasteiger partial charge in [-0.05, 0) is 12.8 Å². The zero-order valence-electron chi connectivity index (χ0n) is 13.4. The molecule has 0 bridgehead atoms. The zero-order chi connectivity index (χ0) is 17.0. The van der Waals surface area contributed by atoms with E-state index in [0.29, 0.717) is 5.69 Å². The second-order valence-electron chi connectivity index (χ2n) is 6.04. The van der Waals surface area contributed by atoms with E-state index in [1.54, 1.807) is 13.0 Å². The molecule has 122 valence electrons. The molecule has 0 aliphatic rings. The van der Waals surface area contributed by atoms with Gasteiger partial charge < -0.3 is 14.9 Å². The van der Waals surface area contributed by atoms with Crippen molar-refractivity contribution in [3.8, 4) is 11.3 Å². The first-order chi connectivity index (χ1) is 10.8. The molecule has 2 rings (SSSR count). The maximum absolute atomic E-state index is 12.4. The summed E-state index contributed by atoms with van der Waals surface area (Å²) in [6.45, 7) is 5.43. The number of carboxylic acids is 1. The van der Waals surface area contributed by atoms with Crippen molar-refractivity contribution in [1.82, 2.24) is 10.5 Å². The first kappa shape index (κ1) is 16.7. The number of carbonyl (C=O) groups excluding carboxylic acids is 1. The first-order valence-corrected chi connectivity index (χ1v) is 7.38. The molecule has 1 aromatic carbocycles. The zero-order valence-corrected chi connectivity index (χ0v) is 13.4. The summed E-state index contributed by atoms with van der Waals surface area (Å²) in [7, 11) is 0. The fraction of sp³-hybridized carbons (Fsp3) is 0.353. The Bertz CT molecular complexity index is 694. The number of aliphatic carboxylic acids is 1. The minimum atomic E-state index is -0.968. The average molecular weight is 316 g/mol. The predicted octanol–water partition coefficient (Wildman–Crippen LogP) is 2.96. The van der Waals surface area contributed by atoms with Gasteiger partial charge in [0.1, 0.15) is 5.69 Å². The second kappa shape index (κ2) is 6.64. The smallest absolute Gasteiger partial charge is 0.305 e. The Labute approximate surface area is 134 Å². The van der Waals surface area contributed by atoms with Crippen LogP contribution in [-0.2, 0) is 4.79 Å². The van der Waals surface area contributed by atoms with Gasteiger partial charge in [-0.3, -0.25) is 9.59 Å². The Hall–Kier alpha value is -2.63. The molecule has 0 fully saturated rings. The van der Waals surface area contributed by atoms with Crippen molar-refractivity contribution in [2.45, 2.75) is 32.7 Å². The molecule has 0 aliphatic heterocycles. The number of nitrogens with one attached hydrogen (secondary N) is 1. The van der Waals surface area contributed by atoms with Gasteiger partial charge in [-0.1, -0.05) is 49.3 Å². The van der Waals surface area contributed by atoms with Crippen molar-refractivity contribution in [3.05, 3.63) is 42.2 Å². The fourth-order valence-electron chi connectivity index (χ4n) is 2.15. The molecule has 0 radical (unpaired) electrons. The number of hydrogen-bond donors (Lipinski definition) is 2. The lowest BCUT2D eigenvalue weighted by molar-refractivity contribution is -0.138. The van der Waals surface area contributed by atoms with E-state index in [-0.39, 0.29) is 18.1 Å². The Kier molecular flexibility index (Phi) is 4.83. The monoisotopic (exact) mass is 316 g/mol. The maximum atomic E-state index is 12.4. The number of carboxylic acid groups (broad SMARTS) is 1. The molecule has 0 aliphatic carbocycles. The SMILES string of the molecule is CC(C)C(C)(CC(=O)O)NC(=O)c1cc(-c2ccccc2)no1. The number of amides is 1. The van der Waals surface area contributed by atoms with Crippen molar-refractivity contribution in [2.75, 3.05) is 0 Å². The van der Waals surface area contributed by atoms with Gasteiger partial charge in [-0.15, -0.1) is 0 Å². The lowest BCUT2D eigenvalue weighted by Gasteiger charge is -2.32. The summed E-state index contributed by atoms with van der Waals surface area (Å²) in [6.07, 6.45) is -0.171. The van der Waals surface area contributed by atoms with Gasteiger partial charge in [0.15, 0.2) is 0 Å². The predicted molar refractivity (Wildman–Crippen MR) is 84.9 cm³/mol. The van der Waals surface area contributed by atoms with Crippen molar-refractivity contribution in [2.24, 2.45) is 5.92 Å². The van der Waals surface area contributed by atoms with Crippen LogP contribution in [0.3, 0.4) is 0 Å². The highest BCUT2D eigenvalue weighted by Crippen LogP contribution is 2.23. The van der Waals surface area contributed by atoms with E-state index in [1.165, 1.54) is 0 Å². The van der Waals surface area contributed by atoms with Gasteiger partial charge in [-0.25, -0.2) is 0 Å². The number of carbonyl (C=O) groups is 2. The van der Waals surface area contributed by atoms with Crippen LogP contribution >= 0.6 is 0 Å². The molecule has 1 unspecified atom stereocenters. The third-order valence-electron chi connectivity index (χ3n) is 4.00. The highest BCUT2D eigenvalue weighted by atomic mass is 16.5. The van der Waals surface area contributed by atoms with E-state index < -0.39 is 17.4 Å². The van der Waals surface area contributed by atoms with Crippen LogP contribution in [0.1, 0.15) is 37.7 Å². The topological polar surface area (TPSA) is 92.4 Å². The highest BCUT2D eigenvalue weighted by Gasteiger charge is 2.34. The molecule has 2 aromatic rings. The molecule has 0 saturated carbocycles. The molecule has 6 nitrogen and oxygen atoms in total. The minimum Gasteiger partial charge on any atom is -0.481 e. The first-order valence-electron chi connectivity index (χ1n) is 7.38. The van der Waals surface area contributed by atoms with Gasteiger partial charge >= 0.3 is 5.97 Å². The largest absolute Gasteiger partial charge is 0.481 e. The van der Waals surface area contributed by atoms with Crippen molar-refractivity contribution in [3.63, 3.8) is 0 Å². The van der Waals surface area contributed by atoms with Crippen LogP contribution in [0.25, 0.3) is 11.3 Å². The van der Waals surface area contributed by atoms with Crippen molar-refractivity contribution < 1.29 is 19.2 Å². The Morgan fingerprint density at radius 3 is 2.52 bits per heavy atom. The Morgan fingerprint density at radius 1 is 1.30 bits per heavy atom. The van der Waals surface area contributed by atoms with E-state index >= 15 is 0 Å². The minimum absolute atomic E-state index is 0.0564. The summed E-state index contributed by atoms with van der Waals surface area (Å²) in [6, 6.07) is 10.9. The molecule has 1 aromatic heterocycles. The Morgan fingerprint density at radius 2 is 1.96 bits per heavy atom. The van der Waals surface area contributed by atoms with E-state index in [1.807, 2.05) is 44.2 Å². The molecule has 0 saturated heterocycles. The molecule has 1 heterocycles. The summed E-state index contributed by atoms with van der Waals surface area (Å²) in [4.78, 5) is 23.4. The van der Waals surface area contributed by atoms with Crippen LogP contribution in [0.5, 0.6) is 0 Å². The highest BCUT2D eigenvalue weighted by molar-refractivity contribution is 5.93. The average Bonchev–Trinajstić information content (AvgIpc) is 2.97. The number of nitrogens with zero attached hydrogens (tertiary/aromatic N) is 1. The van der Waals surface area contributed by atoms with E-state index in [2.05, 4.69) is 10.5 Å². The molecular weight excluding hydrogens is 296 g/mol. The molecule has 6 heteroatoms. The van der Waals surface area contributed by atoms with E-state index in [0.717, 1.165) is 5.56 Å². The van der Waals surface area contributed by atoms with Crippen LogP contribution in [0.15, 0.2) is 40.9 Å².